The van der Waals surface area contributed by atoms with Crippen molar-refractivity contribution < 1.29 is 9.59 Å². The van der Waals surface area contributed by atoms with Crippen molar-refractivity contribution in [1.29, 1.82) is 0 Å². The summed E-state index contributed by atoms with van der Waals surface area (Å²) in [5, 5.41) is 2.76. The number of nitrogens with two attached hydrogens (primary N) is 1. The maximum absolute atomic E-state index is 11.9. The van der Waals surface area contributed by atoms with Crippen LogP contribution in [0.15, 0.2) is 0 Å². The molecule has 2 atom stereocenters. The molecular weight excluding hydrogens is 242 g/mol. The SMILES string of the molecule is CCC(C)[C@H](N)C(=O)NCCC(=O)N1CCCCC1. The molecular formula is C14H27N3O2. The first-order valence-corrected chi connectivity index (χ1v) is 7.37. The van der Waals surface area contributed by atoms with Gasteiger partial charge in [-0.2, -0.15) is 0 Å². The van der Waals surface area contributed by atoms with E-state index in [1.807, 2.05) is 18.7 Å². The van der Waals surface area contributed by atoms with Gasteiger partial charge in [0.2, 0.25) is 11.8 Å². The molecule has 1 aliphatic heterocycles. The molecule has 110 valence electrons. The van der Waals surface area contributed by atoms with Crippen LogP contribution in [0.25, 0.3) is 0 Å². The van der Waals surface area contributed by atoms with E-state index in [0.29, 0.717) is 13.0 Å². The number of hydrogen-bond acceptors (Lipinski definition) is 3. The molecule has 5 nitrogen and oxygen atoms in total. The van der Waals surface area contributed by atoms with Crippen molar-refractivity contribution in [3.05, 3.63) is 0 Å². The molecule has 1 saturated heterocycles. The highest BCUT2D eigenvalue weighted by Gasteiger charge is 2.20. The summed E-state index contributed by atoms with van der Waals surface area (Å²) >= 11 is 0. The van der Waals surface area contributed by atoms with E-state index < -0.39 is 6.04 Å². The molecule has 3 N–H and O–H groups in total. The molecule has 0 radical (unpaired) electrons. The van der Waals surface area contributed by atoms with E-state index in [4.69, 9.17) is 5.73 Å². The molecule has 1 fully saturated rings. The Morgan fingerprint density at radius 2 is 1.89 bits per heavy atom. The van der Waals surface area contributed by atoms with Crippen LogP contribution < -0.4 is 11.1 Å². The molecule has 0 aromatic heterocycles. The second kappa shape index (κ2) is 8.15. The largest absolute Gasteiger partial charge is 0.354 e. The summed E-state index contributed by atoms with van der Waals surface area (Å²) < 4.78 is 0. The van der Waals surface area contributed by atoms with E-state index in [0.717, 1.165) is 32.4 Å². The minimum atomic E-state index is -0.477. The number of likely N-dealkylation sites (tertiary alicyclic amines) is 1. The van der Waals surface area contributed by atoms with Crippen LogP contribution in [-0.2, 0) is 9.59 Å². The van der Waals surface area contributed by atoms with Crippen LogP contribution >= 0.6 is 0 Å². The molecule has 0 bridgehead atoms. The molecule has 2 amide bonds. The van der Waals surface area contributed by atoms with Crippen LogP contribution in [0.5, 0.6) is 0 Å². The van der Waals surface area contributed by atoms with Gasteiger partial charge in [-0.15, -0.1) is 0 Å². The van der Waals surface area contributed by atoms with Crippen LogP contribution in [0.1, 0.15) is 46.0 Å². The lowest BCUT2D eigenvalue weighted by atomic mass is 9.99. The highest BCUT2D eigenvalue weighted by molar-refractivity contribution is 5.82. The molecule has 1 rings (SSSR count). The Hall–Kier alpha value is -1.10. The van der Waals surface area contributed by atoms with Gasteiger partial charge in [0, 0.05) is 26.1 Å². The number of carbonyl (C=O) groups excluding carboxylic acids is 2. The van der Waals surface area contributed by atoms with Crippen LogP contribution in [0.4, 0.5) is 0 Å². The number of amides is 2. The lowest BCUT2D eigenvalue weighted by Gasteiger charge is -2.27. The quantitative estimate of drug-likeness (QED) is 0.751. The average Bonchev–Trinajstić information content (AvgIpc) is 2.46. The molecule has 0 saturated carbocycles. The lowest BCUT2D eigenvalue weighted by molar-refractivity contribution is -0.132. The number of piperidine rings is 1. The first kappa shape index (κ1) is 16.0. The van der Waals surface area contributed by atoms with E-state index in [2.05, 4.69) is 5.32 Å². The van der Waals surface area contributed by atoms with E-state index in [9.17, 15) is 9.59 Å². The Kier molecular flexibility index (Phi) is 6.84. The summed E-state index contributed by atoms with van der Waals surface area (Å²) in [5.41, 5.74) is 5.82. The molecule has 5 heteroatoms. The summed E-state index contributed by atoms with van der Waals surface area (Å²) in [4.78, 5) is 25.5. The molecule has 0 aliphatic carbocycles. The molecule has 1 heterocycles. The van der Waals surface area contributed by atoms with Crippen LogP contribution in [0.3, 0.4) is 0 Å². The third kappa shape index (κ3) is 5.19. The summed E-state index contributed by atoms with van der Waals surface area (Å²) in [6.07, 6.45) is 4.65. The summed E-state index contributed by atoms with van der Waals surface area (Å²) in [6.45, 7) is 6.08. The first-order valence-electron chi connectivity index (χ1n) is 7.37. The fourth-order valence-electron chi connectivity index (χ4n) is 2.22. The number of hydrogen-bond donors (Lipinski definition) is 2. The Morgan fingerprint density at radius 1 is 1.26 bits per heavy atom. The molecule has 0 aromatic carbocycles. The summed E-state index contributed by atoms with van der Waals surface area (Å²) in [7, 11) is 0. The average molecular weight is 269 g/mol. The van der Waals surface area contributed by atoms with Gasteiger partial charge in [-0.1, -0.05) is 20.3 Å². The van der Waals surface area contributed by atoms with Gasteiger partial charge in [-0.05, 0) is 25.2 Å². The lowest BCUT2D eigenvalue weighted by Crippen LogP contribution is -2.45. The minimum absolute atomic E-state index is 0.136. The third-order valence-electron chi connectivity index (χ3n) is 3.91. The Balaban J connectivity index is 2.22. The Labute approximate surface area is 115 Å². The number of carbonyl (C=O) groups is 2. The van der Waals surface area contributed by atoms with Gasteiger partial charge in [0.25, 0.3) is 0 Å². The van der Waals surface area contributed by atoms with Crippen molar-refractivity contribution in [2.45, 2.75) is 52.0 Å². The van der Waals surface area contributed by atoms with E-state index in [1.54, 1.807) is 0 Å². The Morgan fingerprint density at radius 3 is 2.47 bits per heavy atom. The predicted octanol–water partition coefficient (Wildman–Crippen LogP) is 0.879. The molecule has 0 aromatic rings. The van der Waals surface area contributed by atoms with Crippen molar-refractivity contribution in [1.82, 2.24) is 10.2 Å². The minimum Gasteiger partial charge on any atom is -0.354 e. The Bertz CT molecular complexity index is 287. The first-order chi connectivity index (χ1) is 9.06. The zero-order valence-electron chi connectivity index (χ0n) is 12.2. The van der Waals surface area contributed by atoms with Gasteiger partial charge in [-0.25, -0.2) is 0 Å². The second-order valence-electron chi connectivity index (χ2n) is 5.39. The maximum Gasteiger partial charge on any atom is 0.237 e. The second-order valence-corrected chi connectivity index (χ2v) is 5.39. The topological polar surface area (TPSA) is 75.4 Å². The number of rotatable bonds is 6. The molecule has 1 unspecified atom stereocenters. The molecule has 0 spiro atoms. The predicted molar refractivity (Wildman–Crippen MR) is 75.5 cm³/mol. The molecule has 1 aliphatic rings. The number of nitrogens with zero attached hydrogens (tertiary/aromatic N) is 1. The van der Waals surface area contributed by atoms with Crippen molar-refractivity contribution >= 4 is 11.8 Å². The van der Waals surface area contributed by atoms with Crippen molar-refractivity contribution in [3.63, 3.8) is 0 Å². The van der Waals surface area contributed by atoms with Crippen molar-refractivity contribution in [3.8, 4) is 0 Å². The fraction of sp³-hybridized carbons (Fsp3) is 0.857. The summed E-state index contributed by atoms with van der Waals surface area (Å²) in [5.74, 6) is 0.149. The molecule has 19 heavy (non-hydrogen) atoms. The van der Waals surface area contributed by atoms with E-state index in [-0.39, 0.29) is 17.7 Å². The highest BCUT2D eigenvalue weighted by Crippen LogP contribution is 2.09. The van der Waals surface area contributed by atoms with E-state index in [1.165, 1.54) is 6.42 Å². The van der Waals surface area contributed by atoms with Gasteiger partial charge >= 0.3 is 0 Å². The standard InChI is InChI=1S/C14H27N3O2/c1-3-11(2)13(15)14(19)16-8-7-12(18)17-9-5-4-6-10-17/h11,13H,3-10,15H2,1-2H3,(H,16,19)/t11?,13-/m0/s1. The van der Waals surface area contributed by atoms with Gasteiger partial charge in [0.1, 0.15) is 0 Å². The highest BCUT2D eigenvalue weighted by atomic mass is 16.2. The zero-order chi connectivity index (χ0) is 14.3. The van der Waals surface area contributed by atoms with Crippen LogP contribution in [0, 0.1) is 5.92 Å². The van der Waals surface area contributed by atoms with Crippen molar-refractivity contribution in [2.24, 2.45) is 11.7 Å². The zero-order valence-corrected chi connectivity index (χ0v) is 12.2. The van der Waals surface area contributed by atoms with Gasteiger partial charge in [0.15, 0.2) is 0 Å². The van der Waals surface area contributed by atoms with Gasteiger partial charge < -0.3 is 16.0 Å². The normalized spacial score (nSPS) is 18.8. The smallest absolute Gasteiger partial charge is 0.237 e. The van der Waals surface area contributed by atoms with Gasteiger partial charge in [-0.3, -0.25) is 9.59 Å². The van der Waals surface area contributed by atoms with Crippen LogP contribution in [-0.4, -0.2) is 42.4 Å². The summed E-state index contributed by atoms with van der Waals surface area (Å²) in [6, 6.07) is -0.477. The van der Waals surface area contributed by atoms with Crippen LogP contribution in [0.2, 0.25) is 0 Å². The monoisotopic (exact) mass is 269 g/mol. The third-order valence-corrected chi connectivity index (χ3v) is 3.91. The van der Waals surface area contributed by atoms with E-state index >= 15 is 0 Å². The fourth-order valence-corrected chi connectivity index (χ4v) is 2.22. The maximum atomic E-state index is 11.9. The van der Waals surface area contributed by atoms with Crippen molar-refractivity contribution in [2.75, 3.05) is 19.6 Å². The number of nitrogens with one attached hydrogen (secondary N) is 1. The van der Waals surface area contributed by atoms with Gasteiger partial charge in [0.05, 0.1) is 6.04 Å².